The first-order valence-electron chi connectivity index (χ1n) is 5.87. The van der Waals surface area contributed by atoms with Gasteiger partial charge in [-0.25, -0.2) is 4.98 Å². The normalized spacial score (nSPS) is 11.4. The number of rotatable bonds is 3. The van der Waals surface area contributed by atoms with Gasteiger partial charge in [-0.3, -0.25) is 14.9 Å². The van der Waals surface area contributed by atoms with E-state index in [0.29, 0.717) is 12.3 Å². The van der Waals surface area contributed by atoms with Crippen LogP contribution in [0.15, 0.2) is 23.3 Å². The number of amides is 1. The first kappa shape index (κ1) is 15.2. The van der Waals surface area contributed by atoms with E-state index in [0.717, 1.165) is 11.3 Å². The zero-order valence-corrected chi connectivity index (χ0v) is 11.6. The van der Waals surface area contributed by atoms with Crippen LogP contribution in [0.25, 0.3) is 0 Å². The summed E-state index contributed by atoms with van der Waals surface area (Å²) < 4.78 is 37.7. The SMILES string of the molecule is CCc1cnc(NC(=O)c2cc(C(F)(F)F)c[nH]c2=O)s1. The van der Waals surface area contributed by atoms with Gasteiger partial charge in [-0.05, 0) is 12.5 Å². The highest BCUT2D eigenvalue weighted by molar-refractivity contribution is 7.15. The third-order valence-electron chi connectivity index (χ3n) is 2.60. The fourth-order valence-electron chi connectivity index (χ4n) is 1.51. The monoisotopic (exact) mass is 317 g/mol. The number of pyridine rings is 1. The van der Waals surface area contributed by atoms with E-state index < -0.39 is 28.8 Å². The number of carbonyl (C=O) groups excluding carboxylic acids is 1. The summed E-state index contributed by atoms with van der Waals surface area (Å²) in [6, 6.07) is 0.516. The maximum atomic E-state index is 12.6. The minimum absolute atomic E-state index is 0.230. The van der Waals surface area contributed by atoms with Crippen molar-refractivity contribution in [1.82, 2.24) is 9.97 Å². The van der Waals surface area contributed by atoms with Crippen LogP contribution in [-0.2, 0) is 12.6 Å². The third-order valence-corrected chi connectivity index (χ3v) is 3.65. The molecule has 0 bridgehead atoms. The van der Waals surface area contributed by atoms with Crippen molar-refractivity contribution in [3.63, 3.8) is 0 Å². The number of carbonyl (C=O) groups is 1. The van der Waals surface area contributed by atoms with Crippen molar-refractivity contribution in [2.75, 3.05) is 5.32 Å². The molecule has 21 heavy (non-hydrogen) atoms. The Hall–Kier alpha value is -2.16. The highest BCUT2D eigenvalue weighted by Crippen LogP contribution is 2.28. The fourth-order valence-corrected chi connectivity index (χ4v) is 2.26. The van der Waals surface area contributed by atoms with Gasteiger partial charge >= 0.3 is 6.18 Å². The Kier molecular flexibility index (Phi) is 4.12. The first-order valence-corrected chi connectivity index (χ1v) is 6.69. The Bertz CT molecular complexity index is 721. The zero-order chi connectivity index (χ0) is 15.6. The summed E-state index contributed by atoms with van der Waals surface area (Å²) in [5, 5.41) is 2.54. The van der Waals surface area contributed by atoms with Gasteiger partial charge in [0.1, 0.15) is 5.56 Å². The van der Waals surface area contributed by atoms with Gasteiger partial charge in [0.25, 0.3) is 11.5 Å². The van der Waals surface area contributed by atoms with Gasteiger partial charge in [0, 0.05) is 17.3 Å². The Morgan fingerprint density at radius 2 is 2.19 bits per heavy atom. The molecule has 0 aliphatic heterocycles. The Morgan fingerprint density at radius 1 is 1.48 bits per heavy atom. The highest BCUT2D eigenvalue weighted by Gasteiger charge is 2.32. The fraction of sp³-hybridized carbons (Fsp3) is 0.250. The number of thiazole rings is 1. The van der Waals surface area contributed by atoms with Crippen molar-refractivity contribution in [3.8, 4) is 0 Å². The molecule has 2 rings (SSSR count). The molecule has 0 unspecified atom stereocenters. The number of nitrogens with one attached hydrogen (secondary N) is 2. The third kappa shape index (κ3) is 3.48. The van der Waals surface area contributed by atoms with Gasteiger partial charge in [-0.1, -0.05) is 6.92 Å². The number of halogens is 3. The van der Waals surface area contributed by atoms with E-state index in [-0.39, 0.29) is 5.13 Å². The van der Waals surface area contributed by atoms with E-state index in [1.54, 1.807) is 6.20 Å². The summed E-state index contributed by atoms with van der Waals surface area (Å²) in [7, 11) is 0. The molecule has 2 aromatic heterocycles. The number of aryl methyl sites for hydroxylation is 1. The lowest BCUT2D eigenvalue weighted by Gasteiger charge is -2.07. The first-order chi connectivity index (χ1) is 9.81. The molecule has 9 heteroatoms. The summed E-state index contributed by atoms with van der Waals surface area (Å²) in [5.74, 6) is -0.931. The number of H-pyrrole nitrogens is 1. The second kappa shape index (κ2) is 5.68. The molecule has 112 valence electrons. The predicted molar refractivity (Wildman–Crippen MR) is 71.5 cm³/mol. The van der Waals surface area contributed by atoms with Crippen LogP contribution in [0.3, 0.4) is 0 Å². The molecule has 0 saturated heterocycles. The van der Waals surface area contributed by atoms with E-state index in [1.807, 2.05) is 11.9 Å². The lowest BCUT2D eigenvalue weighted by Crippen LogP contribution is -2.24. The molecule has 0 aliphatic rings. The van der Waals surface area contributed by atoms with Crippen molar-refractivity contribution < 1.29 is 18.0 Å². The largest absolute Gasteiger partial charge is 0.417 e. The summed E-state index contributed by atoms with van der Waals surface area (Å²) in [6.07, 6.45) is -1.85. The Labute approximate surface area is 120 Å². The number of nitrogens with zero attached hydrogens (tertiary/aromatic N) is 1. The molecule has 0 spiro atoms. The van der Waals surface area contributed by atoms with Crippen LogP contribution < -0.4 is 10.9 Å². The second-order valence-electron chi connectivity index (χ2n) is 4.07. The van der Waals surface area contributed by atoms with E-state index in [2.05, 4.69) is 10.3 Å². The number of aromatic nitrogens is 2. The average molecular weight is 317 g/mol. The summed E-state index contributed by atoms with van der Waals surface area (Å²) in [5.41, 5.74) is -2.61. The molecule has 5 nitrogen and oxygen atoms in total. The molecule has 0 saturated carbocycles. The van der Waals surface area contributed by atoms with Crippen molar-refractivity contribution in [1.29, 1.82) is 0 Å². The number of anilines is 1. The minimum Gasteiger partial charge on any atom is -0.328 e. The van der Waals surface area contributed by atoms with Crippen molar-refractivity contribution in [2.45, 2.75) is 19.5 Å². The standard InChI is InChI=1S/C12H10F3N3O2S/c1-2-7-5-17-11(21-7)18-10(20)8-3-6(12(13,14)15)4-16-9(8)19/h3-5H,2H2,1H3,(H,16,19)(H,17,18,20). The average Bonchev–Trinajstić information content (AvgIpc) is 2.85. The lowest BCUT2D eigenvalue weighted by atomic mass is 10.2. The van der Waals surface area contributed by atoms with Gasteiger partial charge in [-0.15, -0.1) is 11.3 Å². The Balaban J connectivity index is 2.28. The van der Waals surface area contributed by atoms with Crippen LogP contribution in [-0.4, -0.2) is 15.9 Å². The van der Waals surface area contributed by atoms with Crippen LogP contribution >= 0.6 is 11.3 Å². The van der Waals surface area contributed by atoms with Gasteiger partial charge in [0.05, 0.1) is 5.56 Å². The zero-order valence-electron chi connectivity index (χ0n) is 10.7. The van der Waals surface area contributed by atoms with Gasteiger partial charge in [-0.2, -0.15) is 13.2 Å². The van der Waals surface area contributed by atoms with Crippen molar-refractivity contribution >= 4 is 22.4 Å². The molecule has 1 amide bonds. The van der Waals surface area contributed by atoms with Crippen LogP contribution in [0, 0.1) is 0 Å². The number of alkyl halides is 3. The van der Waals surface area contributed by atoms with Crippen LogP contribution in [0.1, 0.15) is 27.7 Å². The van der Waals surface area contributed by atoms with E-state index in [1.165, 1.54) is 11.3 Å². The number of hydrogen-bond donors (Lipinski definition) is 2. The van der Waals surface area contributed by atoms with Crippen LogP contribution in [0.2, 0.25) is 0 Å². The molecule has 0 atom stereocenters. The van der Waals surface area contributed by atoms with E-state index in [4.69, 9.17) is 0 Å². The lowest BCUT2D eigenvalue weighted by molar-refractivity contribution is -0.137. The van der Waals surface area contributed by atoms with Crippen LogP contribution in [0.5, 0.6) is 0 Å². The van der Waals surface area contributed by atoms with E-state index in [9.17, 15) is 22.8 Å². The maximum absolute atomic E-state index is 12.6. The van der Waals surface area contributed by atoms with Crippen molar-refractivity contribution in [2.24, 2.45) is 0 Å². The van der Waals surface area contributed by atoms with Gasteiger partial charge in [0.15, 0.2) is 5.13 Å². The van der Waals surface area contributed by atoms with Gasteiger partial charge < -0.3 is 4.98 Å². The quantitative estimate of drug-likeness (QED) is 0.914. The summed E-state index contributed by atoms with van der Waals surface area (Å²) >= 11 is 1.19. The minimum atomic E-state index is -4.64. The molecular formula is C12H10F3N3O2S. The molecule has 0 aliphatic carbocycles. The smallest absolute Gasteiger partial charge is 0.328 e. The van der Waals surface area contributed by atoms with Gasteiger partial charge in [0.2, 0.25) is 0 Å². The summed E-state index contributed by atoms with van der Waals surface area (Å²) in [4.78, 5) is 30.1. The van der Waals surface area contributed by atoms with Crippen molar-refractivity contribution in [3.05, 3.63) is 44.8 Å². The molecule has 2 N–H and O–H groups in total. The molecule has 2 aromatic rings. The topological polar surface area (TPSA) is 74.8 Å². The Morgan fingerprint density at radius 3 is 2.76 bits per heavy atom. The predicted octanol–water partition coefficient (Wildman–Crippen LogP) is 2.66. The number of aromatic amines is 1. The van der Waals surface area contributed by atoms with Crippen LogP contribution in [0.4, 0.5) is 18.3 Å². The molecule has 2 heterocycles. The molecule has 0 fully saturated rings. The molecule has 0 radical (unpaired) electrons. The summed E-state index contributed by atoms with van der Waals surface area (Å²) in [6.45, 7) is 1.90. The molecular weight excluding hydrogens is 307 g/mol. The van der Waals surface area contributed by atoms with E-state index >= 15 is 0 Å². The number of hydrogen-bond acceptors (Lipinski definition) is 4. The molecule has 0 aromatic carbocycles. The maximum Gasteiger partial charge on any atom is 0.417 e. The second-order valence-corrected chi connectivity index (χ2v) is 5.18. The highest BCUT2D eigenvalue weighted by atomic mass is 32.1.